The highest BCUT2D eigenvalue weighted by molar-refractivity contribution is 5.98. The van der Waals surface area contributed by atoms with Crippen molar-refractivity contribution in [2.24, 2.45) is 0 Å². The first-order valence-corrected chi connectivity index (χ1v) is 6.62. The van der Waals surface area contributed by atoms with Crippen molar-refractivity contribution in [2.75, 3.05) is 13.1 Å². The molecule has 1 fully saturated rings. The Balaban J connectivity index is 1.95. The van der Waals surface area contributed by atoms with E-state index in [9.17, 15) is 9.90 Å². The molecule has 19 heavy (non-hydrogen) atoms. The second-order valence-electron chi connectivity index (χ2n) is 5.10. The molecule has 1 atom stereocenters. The first-order chi connectivity index (χ1) is 9.16. The molecule has 0 saturated carbocycles. The second kappa shape index (κ2) is 4.70. The number of likely N-dealkylation sites (tertiary alicyclic amines) is 1. The number of aliphatic hydroxyl groups excluding tert-OH is 1. The Kier molecular flexibility index (Phi) is 3.03. The molecule has 4 nitrogen and oxygen atoms in total. The van der Waals surface area contributed by atoms with E-state index in [1.807, 2.05) is 31.2 Å². The summed E-state index contributed by atoms with van der Waals surface area (Å²) in [6.07, 6.45) is 1.19. The topological polar surface area (TPSA) is 53.7 Å². The third kappa shape index (κ3) is 2.12. The van der Waals surface area contributed by atoms with Gasteiger partial charge in [0, 0.05) is 24.0 Å². The van der Waals surface area contributed by atoms with Crippen LogP contribution in [-0.4, -0.2) is 35.1 Å². The van der Waals surface area contributed by atoms with Crippen molar-refractivity contribution < 1.29 is 14.3 Å². The van der Waals surface area contributed by atoms with Gasteiger partial charge >= 0.3 is 0 Å². The maximum atomic E-state index is 12.5. The Morgan fingerprint density at radius 2 is 2.21 bits per heavy atom. The van der Waals surface area contributed by atoms with Crippen molar-refractivity contribution in [2.45, 2.75) is 25.9 Å². The predicted molar refractivity (Wildman–Crippen MR) is 72.1 cm³/mol. The molecule has 1 amide bonds. The summed E-state index contributed by atoms with van der Waals surface area (Å²) in [5, 5.41) is 10.6. The summed E-state index contributed by atoms with van der Waals surface area (Å²) in [5.41, 5.74) is 1.61. The van der Waals surface area contributed by atoms with Crippen LogP contribution in [0.1, 0.15) is 29.0 Å². The van der Waals surface area contributed by atoms with Gasteiger partial charge < -0.3 is 14.4 Å². The zero-order chi connectivity index (χ0) is 13.4. The number of para-hydroxylation sites is 1. The highest BCUT2D eigenvalue weighted by Gasteiger charge is 2.27. The van der Waals surface area contributed by atoms with Gasteiger partial charge in [-0.2, -0.15) is 0 Å². The lowest BCUT2D eigenvalue weighted by atomic mass is 10.1. The maximum absolute atomic E-state index is 12.5. The van der Waals surface area contributed by atoms with Crippen molar-refractivity contribution in [3.63, 3.8) is 0 Å². The summed E-state index contributed by atoms with van der Waals surface area (Å²) >= 11 is 0. The highest BCUT2D eigenvalue weighted by atomic mass is 16.3. The van der Waals surface area contributed by atoms with Crippen LogP contribution in [0.4, 0.5) is 0 Å². The Hall–Kier alpha value is -1.81. The minimum atomic E-state index is -0.414. The normalized spacial score (nSPS) is 19.9. The molecule has 3 rings (SSSR count). The van der Waals surface area contributed by atoms with Crippen LogP contribution >= 0.6 is 0 Å². The van der Waals surface area contributed by atoms with Crippen LogP contribution in [0.15, 0.2) is 28.7 Å². The van der Waals surface area contributed by atoms with Gasteiger partial charge in [0.1, 0.15) is 5.58 Å². The monoisotopic (exact) mass is 259 g/mol. The zero-order valence-electron chi connectivity index (χ0n) is 10.9. The van der Waals surface area contributed by atoms with Gasteiger partial charge in [-0.1, -0.05) is 18.2 Å². The van der Waals surface area contributed by atoms with Crippen molar-refractivity contribution >= 4 is 16.9 Å². The molecule has 2 aromatic rings. The molecule has 0 spiro atoms. The van der Waals surface area contributed by atoms with Gasteiger partial charge in [0.2, 0.25) is 0 Å². The minimum absolute atomic E-state index is 0.118. The number of amides is 1. The highest BCUT2D eigenvalue weighted by Crippen LogP contribution is 2.26. The number of nitrogens with zero attached hydrogens (tertiary/aromatic N) is 1. The smallest absolute Gasteiger partial charge is 0.289 e. The summed E-state index contributed by atoms with van der Waals surface area (Å²) in [5.74, 6) is 0.280. The van der Waals surface area contributed by atoms with E-state index < -0.39 is 6.10 Å². The summed E-state index contributed by atoms with van der Waals surface area (Å²) in [7, 11) is 0. The lowest BCUT2D eigenvalue weighted by Gasteiger charge is -2.29. The summed E-state index contributed by atoms with van der Waals surface area (Å²) in [6.45, 7) is 2.99. The number of β-amino-alcohol motifs (C(OH)–C–C–N with tert-alkyl or cyclic N) is 1. The Bertz CT molecular complexity index is 617. The molecule has 0 unspecified atom stereocenters. The van der Waals surface area contributed by atoms with E-state index in [-0.39, 0.29) is 5.91 Å². The van der Waals surface area contributed by atoms with Crippen molar-refractivity contribution in [3.8, 4) is 0 Å². The van der Waals surface area contributed by atoms with Gasteiger partial charge in [0.25, 0.3) is 5.91 Å². The average molecular weight is 259 g/mol. The minimum Gasteiger partial charge on any atom is -0.451 e. The molecule has 1 N–H and O–H groups in total. The van der Waals surface area contributed by atoms with Crippen LogP contribution < -0.4 is 0 Å². The molecular formula is C15H17NO3. The van der Waals surface area contributed by atoms with E-state index in [1.165, 1.54) is 0 Å². The van der Waals surface area contributed by atoms with Crippen LogP contribution in [0.3, 0.4) is 0 Å². The molecule has 1 saturated heterocycles. The van der Waals surface area contributed by atoms with E-state index >= 15 is 0 Å². The van der Waals surface area contributed by atoms with Gasteiger partial charge in [-0.15, -0.1) is 0 Å². The van der Waals surface area contributed by atoms with E-state index in [4.69, 9.17) is 4.42 Å². The fourth-order valence-electron chi connectivity index (χ4n) is 2.66. The first-order valence-electron chi connectivity index (χ1n) is 6.62. The van der Waals surface area contributed by atoms with Crippen molar-refractivity contribution in [1.82, 2.24) is 4.90 Å². The number of piperidine rings is 1. The fourth-order valence-corrected chi connectivity index (χ4v) is 2.66. The molecule has 2 heterocycles. The molecule has 0 bridgehead atoms. The van der Waals surface area contributed by atoms with E-state index in [0.717, 1.165) is 29.4 Å². The molecule has 1 aromatic heterocycles. The number of hydrogen-bond donors (Lipinski definition) is 1. The third-order valence-corrected chi connectivity index (χ3v) is 3.72. The Morgan fingerprint density at radius 3 is 2.95 bits per heavy atom. The van der Waals surface area contributed by atoms with E-state index in [1.54, 1.807) is 4.90 Å². The number of carbonyl (C=O) groups is 1. The summed E-state index contributed by atoms with van der Waals surface area (Å²) in [6, 6.07) is 7.65. The van der Waals surface area contributed by atoms with Crippen molar-refractivity contribution in [3.05, 3.63) is 35.6 Å². The van der Waals surface area contributed by atoms with Crippen molar-refractivity contribution in [1.29, 1.82) is 0 Å². The van der Waals surface area contributed by atoms with E-state index in [0.29, 0.717) is 18.8 Å². The summed E-state index contributed by atoms with van der Waals surface area (Å²) < 4.78 is 5.68. The average Bonchev–Trinajstić information content (AvgIpc) is 2.76. The fraction of sp³-hybridized carbons (Fsp3) is 0.400. The molecule has 1 aromatic carbocycles. The number of aliphatic hydroxyl groups is 1. The first kappa shape index (κ1) is 12.2. The van der Waals surface area contributed by atoms with Crippen LogP contribution in [0.2, 0.25) is 0 Å². The Labute approximate surface area is 111 Å². The largest absolute Gasteiger partial charge is 0.451 e. The lowest BCUT2D eigenvalue weighted by molar-refractivity contribution is 0.0449. The predicted octanol–water partition coefficient (Wildman–Crippen LogP) is 2.34. The van der Waals surface area contributed by atoms with Gasteiger partial charge in [-0.25, -0.2) is 0 Å². The second-order valence-corrected chi connectivity index (χ2v) is 5.10. The number of hydrogen-bond acceptors (Lipinski definition) is 3. The number of fused-ring (bicyclic) bond motifs is 1. The van der Waals surface area contributed by atoms with Gasteiger partial charge in [-0.3, -0.25) is 4.79 Å². The SMILES string of the molecule is Cc1c(C(=O)N2CCC[C@H](O)C2)oc2ccccc12. The number of benzene rings is 1. The number of furan rings is 1. The number of carbonyl (C=O) groups excluding carboxylic acids is 1. The summed E-state index contributed by atoms with van der Waals surface area (Å²) in [4.78, 5) is 14.1. The molecule has 100 valence electrons. The van der Waals surface area contributed by atoms with Gasteiger partial charge in [0.05, 0.1) is 6.10 Å². The van der Waals surface area contributed by atoms with Crippen LogP contribution in [0.25, 0.3) is 11.0 Å². The van der Waals surface area contributed by atoms with Crippen LogP contribution in [0.5, 0.6) is 0 Å². The number of aryl methyl sites for hydroxylation is 1. The molecule has 0 aliphatic carbocycles. The maximum Gasteiger partial charge on any atom is 0.289 e. The zero-order valence-corrected chi connectivity index (χ0v) is 10.9. The number of rotatable bonds is 1. The molecular weight excluding hydrogens is 242 g/mol. The lowest BCUT2D eigenvalue weighted by Crippen LogP contribution is -2.42. The molecule has 0 radical (unpaired) electrons. The molecule has 1 aliphatic rings. The Morgan fingerprint density at radius 1 is 1.42 bits per heavy atom. The van der Waals surface area contributed by atoms with Crippen LogP contribution in [0, 0.1) is 6.92 Å². The standard InChI is InChI=1S/C15H17NO3/c1-10-12-6-2-3-7-13(12)19-14(10)15(18)16-8-4-5-11(17)9-16/h2-3,6-7,11,17H,4-5,8-9H2,1H3/t11-/m0/s1. The van der Waals surface area contributed by atoms with Crippen LogP contribution in [-0.2, 0) is 0 Å². The van der Waals surface area contributed by atoms with Gasteiger partial charge in [-0.05, 0) is 25.8 Å². The van der Waals surface area contributed by atoms with E-state index in [2.05, 4.69) is 0 Å². The quantitative estimate of drug-likeness (QED) is 0.855. The molecule has 4 heteroatoms. The third-order valence-electron chi connectivity index (χ3n) is 3.72. The molecule has 1 aliphatic heterocycles. The van der Waals surface area contributed by atoms with Gasteiger partial charge in [0.15, 0.2) is 5.76 Å².